The predicted molar refractivity (Wildman–Crippen MR) is 113 cm³/mol. The monoisotopic (exact) mass is 397 g/mol. The normalized spacial score (nSPS) is 14.6. The Hall–Kier alpha value is -2.34. The number of aromatic nitrogens is 2. The summed E-state index contributed by atoms with van der Waals surface area (Å²) in [7, 11) is 0. The largest absolute Gasteiger partial charge is 0.368 e. The Labute approximate surface area is 168 Å². The Balaban J connectivity index is 1.48. The molecule has 0 unspecified atom stereocenters. The molecular weight excluding hydrogens is 373 g/mol. The number of rotatable bonds is 5. The molecule has 6 heteroatoms. The van der Waals surface area contributed by atoms with Crippen LogP contribution in [0.1, 0.15) is 33.7 Å². The first-order chi connectivity index (χ1) is 13.5. The Morgan fingerprint density at radius 1 is 1.18 bits per heavy atom. The van der Waals surface area contributed by atoms with Crippen molar-refractivity contribution in [2.45, 2.75) is 26.7 Å². The molecule has 0 aliphatic carbocycles. The molecule has 0 amide bonds. The second-order valence-corrected chi connectivity index (χ2v) is 8.51. The molecule has 2 aromatic heterocycles. The zero-order valence-electron chi connectivity index (χ0n) is 16.2. The average molecular weight is 398 g/mol. The van der Waals surface area contributed by atoms with E-state index in [0.29, 0.717) is 24.2 Å². The lowest BCUT2D eigenvalue weighted by molar-refractivity contribution is 0.0976. The fourth-order valence-electron chi connectivity index (χ4n) is 3.74. The number of anilines is 1. The molecule has 3 heterocycles. The summed E-state index contributed by atoms with van der Waals surface area (Å²) in [5.41, 5.74) is 4.78. The maximum absolute atomic E-state index is 14.6. The van der Waals surface area contributed by atoms with Gasteiger partial charge in [-0.1, -0.05) is 6.07 Å². The molecule has 1 fully saturated rings. The van der Waals surface area contributed by atoms with Crippen LogP contribution in [0.15, 0.2) is 36.5 Å². The van der Waals surface area contributed by atoms with E-state index in [4.69, 9.17) is 0 Å². The first kappa shape index (κ1) is 19.0. The molecule has 1 aliphatic heterocycles. The number of ketones is 1. The first-order valence-corrected chi connectivity index (χ1v) is 10.8. The van der Waals surface area contributed by atoms with Gasteiger partial charge in [-0.25, -0.2) is 9.37 Å². The van der Waals surface area contributed by atoms with Crippen molar-refractivity contribution in [2.75, 3.05) is 29.5 Å². The van der Waals surface area contributed by atoms with Gasteiger partial charge >= 0.3 is 0 Å². The van der Waals surface area contributed by atoms with E-state index in [-0.39, 0.29) is 11.6 Å². The summed E-state index contributed by atoms with van der Waals surface area (Å²) in [6.45, 7) is 5.63. The number of imidazole rings is 1. The van der Waals surface area contributed by atoms with Crippen LogP contribution in [0.4, 0.5) is 10.1 Å². The number of hydrogen-bond acceptors (Lipinski definition) is 4. The Bertz CT molecular complexity index is 1020. The highest BCUT2D eigenvalue weighted by atomic mass is 32.2. The molecule has 0 radical (unpaired) electrons. The number of Topliss-reactive ketones (excluding diaryl/α,β-unsaturated/α-hetero) is 1. The van der Waals surface area contributed by atoms with Crippen LogP contribution in [0.25, 0.3) is 5.65 Å². The van der Waals surface area contributed by atoms with Crippen LogP contribution >= 0.6 is 11.8 Å². The summed E-state index contributed by atoms with van der Waals surface area (Å²) in [5.74, 6) is 1.91. The van der Waals surface area contributed by atoms with Crippen molar-refractivity contribution in [3.8, 4) is 0 Å². The van der Waals surface area contributed by atoms with E-state index >= 15 is 0 Å². The molecule has 0 saturated carbocycles. The summed E-state index contributed by atoms with van der Waals surface area (Å²) in [4.78, 5) is 19.4. The Kier molecular flexibility index (Phi) is 5.40. The van der Waals surface area contributed by atoms with Gasteiger partial charge in [-0.3, -0.25) is 9.20 Å². The van der Waals surface area contributed by atoms with Gasteiger partial charge in [-0.15, -0.1) is 0 Å². The van der Waals surface area contributed by atoms with Crippen LogP contribution < -0.4 is 4.90 Å². The topological polar surface area (TPSA) is 37.6 Å². The number of fused-ring (bicyclic) bond motifs is 1. The van der Waals surface area contributed by atoms with Crippen molar-refractivity contribution in [3.05, 3.63) is 64.9 Å². The molecule has 0 spiro atoms. The van der Waals surface area contributed by atoms with Crippen molar-refractivity contribution in [1.82, 2.24) is 9.38 Å². The molecule has 0 N–H and O–H groups in total. The summed E-state index contributed by atoms with van der Waals surface area (Å²) < 4.78 is 16.4. The highest BCUT2D eigenvalue weighted by Crippen LogP contribution is 2.24. The molecule has 28 heavy (non-hydrogen) atoms. The van der Waals surface area contributed by atoms with Gasteiger partial charge in [0.15, 0.2) is 5.78 Å². The number of hydrogen-bond donors (Lipinski definition) is 0. The van der Waals surface area contributed by atoms with Gasteiger partial charge in [0, 0.05) is 37.2 Å². The van der Waals surface area contributed by atoms with Crippen LogP contribution in [0.2, 0.25) is 0 Å². The second kappa shape index (κ2) is 7.95. The van der Waals surface area contributed by atoms with Crippen LogP contribution in [-0.4, -0.2) is 39.8 Å². The summed E-state index contributed by atoms with van der Waals surface area (Å²) in [5, 5.41) is 0. The summed E-state index contributed by atoms with van der Waals surface area (Å²) in [6.07, 6.45) is 2.75. The molecule has 0 atom stereocenters. The van der Waals surface area contributed by atoms with Crippen LogP contribution in [-0.2, 0) is 6.42 Å². The molecule has 1 aliphatic rings. The first-order valence-electron chi connectivity index (χ1n) is 9.62. The lowest BCUT2D eigenvalue weighted by atomic mass is 10.0. The Morgan fingerprint density at radius 3 is 2.71 bits per heavy atom. The lowest BCUT2D eigenvalue weighted by Gasteiger charge is -2.28. The van der Waals surface area contributed by atoms with E-state index in [1.165, 1.54) is 0 Å². The number of halogens is 1. The molecular formula is C22H24FN3OS. The van der Waals surface area contributed by atoms with Gasteiger partial charge in [0.2, 0.25) is 0 Å². The molecule has 1 aromatic carbocycles. The highest BCUT2D eigenvalue weighted by molar-refractivity contribution is 7.99. The van der Waals surface area contributed by atoms with Crippen LogP contribution in [0.5, 0.6) is 0 Å². The predicted octanol–water partition coefficient (Wildman–Crippen LogP) is 4.46. The number of nitrogens with zero attached hydrogens (tertiary/aromatic N) is 3. The van der Waals surface area contributed by atoms with E-state index in [0.717, 1.165) is 47.1 Å². The zero-order chi connectivity index (χ0) is 19.7. The van der Waals surface area contributed by atoms with Crippen LogP contribution in [0, 0.1) is 19.7 Å². The van der Waals surface area contributed by atoms with E-state index < -0.39 is 0 Å². The van der Waals surface area contributed by atoms with Crippen molar-refractivity contribution in [3.63, 3.8) is 0 Å². The number of pyridine rings is 1. The third-order valence-electron chi connectivity index (χ3n) is 5.22. The third-order valence-corrected chi connectivity index (χ3v) is 6.17. The Morgan fingerprint density at radius 2 is 1.96 bits per heavy atom. The average Bonchev–Trinajstić information content (AvgIpc) is 3.01. The maximum Gasteiger partial charge on any atom is 0.181 e. The van der Waals surface area contributed by atoms with Crippen molar-refractivity contribution >= 4 is 28.9 Å². The van der Waals surface area contributed by atoms with Gasteiger partial charge in [0.1, 0.15) is 17.2 Å². The maximum atomic E-state index is 14.6. The van der Waals surface area contributed by atoms with E-state index in [9.17, 15) is 9.18 Å². The van der Waals surface area contributed by atoms with Gasteiger partial charge < -0.3 is 4.90 Å². The number of thioether (sulfide) groups is 1. The van der Waals surface area contributed by atoms with Gasteiger partial charge in [-0.2, -0.15) is 11.8 Å². The third kappa shape index (κ3) is 3.78. The SMILES string of the molecule is Cc1ccn2c(C(=O)CCc3ccc(N4CCSCC4)c(F)c3)c(C)nc2c1. The fourth-order valence-corrected chi connectivity index (χ4v) is 4.65. The van der Waals surface area contributed by atoms with Crippen molar-refractivity contribution in [2.24, 2.45) is 0 Å². The van der Waals surface area contributed by atoms with E-state index in [2.05, 4.69) is 9.88 Å². The molecule has 3 aromatic rings. The molecule has 0 bridgehead atoms. The number of carbonyl (C=O) groups excluding carboxylic acids is 1. The van der Waals surface area contributed by atoms with Crippen LogP contribution in [0.3, 0.4) is 0 Å². The molecule has 1 saturated heterocycles. The van der Waals surface area contributed by atoms with Gasteiger partial charge in [-0.05, 0) is 55.7 Å². The molecule has 146 valence electrons. The summed E-state index contributed by atoms with van der Waals surface area (Å²) >= 11 is 1.91. The minimum Gasteiger partial charge on any atom is -0.368 e. The number of benzene rings is 1. The van der Waals surface area contributed by atoms with Crippen molar-refractivity contribution < 1.29 is 9.18 Å². The lowest BCUT2D eigenvalue weighted by Crippen LogP contribution is -2.33. The highest BCUT2D eigenvalue weighted by Gasteiger charge is 2.18. The minimum atomic E-state index is -0.196. The zero-order valence-corrected chi connectivity index (χ0v) is 17.1. The second-order valence-electron chi connectivity index (χ2n) is 7.29. The summed E-state index contributed by atoms with van der Waals surface area (Å²) in [6, 6.07) is 9.32. The van der Waals surface area contributed by atoms with Crippen molar-refractivity contribution in [1.29, 1.82) is 0 Å². The quantitative estimate of drug-likeness (QED) is 0.596. The van der Waals surface area contributed by atoms with E-state index in [1.54, 1.807) is 6.07 Å². The smallest absolute Gasteiger partial charge is 0.181 e. The molecule has 4 nitrogen and oxygen atoms in total. The standard InChI is InChI=1S/C22H24FN3OS/c1-15-7-8-26-21(13-15)24-16(2)22(26)20(27)6-4-17-3-5-19(18(23)14-17)25-9-11-28-12-10-25/h3,5,7-8,13-14H,4,6,9-12H2,1-2H3. The molecule has 4 rings (SSSR count). The van der Waals surface area contributed by atoms with Gasteiger partial charge in [0.05, 0.1) is 11.4 Å². The van der Waals surface area contributed by atoms with E-state index in [1.807, 2.05) is 60.5 Å². The number of carbonyl (C=O) groups is 1. The minimum absolute atomic E-state index is 0.0337. The number of aryl methyl sites for hydroxylation is 3. The fraction of sp³-hybridized carbons (Fsp3) is 0.364. The van der Waals surface area contributed by atoms with Gasteiger partial charge in [0.25, 0.3) is 0 Å².